The molecule has 7 nitrogen and oxygen atoms in total. The van der Waals surface area contributed by atoms with Crippen molar-refractivity contribution in [1.82, 2.24) is 14.5 Å². The predicted octanol–water partition coefficient (Wildman–Crippen LogP) is 1.79. The van der Waals surface area contributed by atoms with Gasteiger partial charge in [0.05, 0.1) is 12.8 Å². The molecule has 0 fully saturated rings. The number of hydrogen-bond donors (Lipinski definition) is 1. The smallest absolute Gasteiger partial charge is 0.242 e. The summed E-state index contributed by atoms with van der Waals surface area (Å²) in [6.45, 7) is 1.63. The molecule has 0 aliphatic rings. The van der Waals surface area contributed by atoms with E-state index in [4.69, 9.17) is 0 Å². The molecule has 0 aliphatic carbocycles. The van der Waals surface area contributed by atoms with Gasteiger partial charge >= 0.3 is 0 Å². The van der Waals surface area contributed by atoms with Crippen LogP contribution in [0.3, 0.4) is 0 Å². The lowest BCUT2D eigenvalue weighted by Gasteiger charge is -2.30. The molecule has 0 spiro atoms. The molecule has 2 aromatic carbocycles. The minimum Gasteiger partial charge on any atom is -0.354 e. The number of halogens is 1. The van der Waals surface area contributed by atoms with Crippen LogP contribution in [0.2, 0.25) is 0 Å². The molecule has 0 aliphatic heterocycles. The summed E-state index contributed by atoms with van der Waals surface area (Å²) in [6.07, 6.45) is 1.65. The van der Waals surface area contributed by atoms with E-state index in [0.717, 1.165) is 16.1 Å². The van der Waals surface area contributed by atoms with Crippen molar-refractivity contribution in [2.45, 2.75) is 25.9 Å². The summed E-state index contributed by atoms with van der Waals surface area (Å²) in [4.78, 5) is 26.9. The van der Waals surface area contributed by atoms with Crippen LogP contribution >= 0.6 is 0 Å². The molecule has 0 saturated heterocycles. The highest BCUT2D eigenvalue weighted by Gasteiger charge is 2.28. The fourth-order valence-corrected chi connectivity index (χ4v) is 3.24. The number of sulfonamides is 1. The summed E-state index contributed by atoms with van der Waals surface area (Å²) >= 11 is 0. The maximum Gasteiger partial charge on any atom is 0.242 e. The molecule has 0 aromatic heterocycles. The lowest BCUT2D eigenvalue weighted by Crippen LogP contribution is -2.50. The zero-order valence-electron chi connectivity index (χ0n) is 17.9. The Balaban J connectivity index is 2.10. The number of likely N-dealkylation sites (N-methyl/N-ethyl adjacent to an activating group) is 1. The summed E-state index contributed by atoms with van der Waals surface area (Å²) in [5, 5.41) is 2.82. The first kappa shape index (κ1) is 24.5. The second kappa shape index (κ2) is 11.0. The van der Waals surface area contributed by atoms with E-state index in [9.17, 15) is 22.4 Å². The second-order valence-corrected chi connectivity index (χ2v) is 9.46. The zero-order valence-corrected chi connectivity index (χ0v) is 18.7. The molecule has 0 heterocycles. The standard InChI is InChI=1S/C22H28FN3O4S/c1-17(22(28)24-14-13-18-7-5-4-6-8-18)26(15-19-9-11-20(23)12-10-19)21(27)16-25(2)31(3,29)30/h4-12,17H,13-16H2,1-3H3,(H,24,28)/t17-/m1/s1. The van der Waals surface area contributed by atoms with Gasteiger partial charge in [0.15, 0.2) is 0 Å². The third-order valence-corrected chi connectivity index (χ3v) is 6.17. The molecule has 2 aromatic rings. The largest absolute Gasteiger partial charge is 0.354 e. The molecular formula is C22H28FN3O4S. The highest BCUT2D eigenvalue weighted by atomic mass is 32.2. The van der Waals surface area contributed by atoms with Crippen LogP contribution in [0.5, 0.6) is 0 Å². The Kier molecular flexibility index (Phi) is 8.70. The van der Waals surface area contributed by atoms with Gasteiger partial charge in [0.1, 0.15) is 11.9 Å². The number of rotatable bonds is 10. The molecule has 2 rings (SSSR count). The first-order chi connectivity index (χ1) is 14.6. The quantitative estimate of drug-likeness (QED) is 0.599. The molecule has 1 N–H and O–H groups in total. The van der Waals surface area contributed by atoms with Gasteiger partial charge in [0.25, 0.3) is 0 Å². The zero-order chi connectivity index (χ0) is 23.0. The fraction of sp³-hybridized carbons (Fsp3) is 0.364. The van der Waals surface area contributed by atoms with Gasteiger partial charge in [-0.05, 0) is 36.6 Å². The molecule has 0 radical (unpaired) electrons. The Morgan fingerprint density at radius 1 is 1.03 bits per heavy atom. The van der Waals surface area contributed by atoms with E-state index in [-0.39, 0.29) is 12.5 Å². The van der Waals surface area contributed by atoms with E-state index in [1.807, 2.05) is 30.3 Å². The van der Waals surface area contributed by atoms with E-state index in [1.165, 1.54) is 36.2 Å². The van der Waals surface area contributed by atoms with Crippen LogP contribution in [0.25, 0.3) is 0 Å². The van der Waals surface area contributed by atoms with Crippen molar-refractivity contribution in [2.75, 3.05) is 26.4 Å². The maximum absolute atomic E-state index is 13.2. The Bertz CT molecular complexity index is 982. The molecular weight excluding hydrogens is 421 g/mol. The van der Waals surface area contributed by atoms with Crippen LogP contribution in [0.1, 0.15) is 18.1 Å². The SMILES string of the molecule is C[C@H](C(=O)NCCc1ccccc1)N(Cc1ccc(F)cc1)C(=O)CN(C)S(C)(=O)=O. The fourth-order valence-electron chi connectivity index (χ4n) is 2.89. The average molecular weight is 450 g/mol. The van der Waals surface area contributed by atoms with E-state index in [0.29, 0.717) is 18.5 Å². The Hall–Kier alpha value is -2.78. The van der Waals surface area contributed by atoms with Crippen LogP contribution in [0.15, 0.2) is 54.6 Å². The molecule has 0 bridgehead atoms. The predicted molar refractivity (Wildman–Crippen MR) is 117 cm³/mol. The molecule has 0 unspecified atom stereocenters. The molecule has 1 atom stereocenters. The minimum atomic E-state index is -3.56. The monoisotopic (exact) mass is 449 g/mol. The lowest BCUT2D eigenvalue weighted by atomic mass is 10.1. The highest BCUT2D eigenvalue weighted by Crippen LogP contribution is 2.12. The van der Waals surface area contributed by atoms with Gasteiger partial charge in [-0.2, -0.15) is 4.31 Å². The van der Waals surface area contributed by atoms with E-state index in [1.54, 1.807) is 6.92 Å². The number of benzene rings is 2. The third-order valence-electron chi connectivity index (χ3n) is 4.91. The molecule has 31 heavy (non-hydrogen) atoms. The molecule has 2 amide bonds. The van der Waals surface area contributed by atoms with Gasteiger partial charge in [-0.3, -0.25) is 9.59 Å². The number of amides is 2. The first-order valence-corrected chi connectivity index (χ1v) is 11.7. The highest BCUT2D eigenvalue weighted by molar-refractivity contribution is 7.88. The van der Waals surface area contributed by atoms with Crippen molar-refractivity contribution in [1.29, 1.82) is 0 Å². The molecule has 0 saturated carbocycles. The van der Waals surface area contributed by atoms with Crippen molar-refractivity contribution >= 4 is 21.8 Å². The number of nitrogens with zero attached hydrogens (tertiary/aromatic N) is 2. The lowest BCUT2D eigenvalue weighted by molar-refractivity contribution is -0.140. The second-order valence-electron chi connectivity index (χ2n) is 7.37. The number of carbonyl (C=O) groups is 2. The number of hydrogen-bond acceptors (Lipinski definition) is 4. The Morgan fingerprint density at radius 2 is 1.65 bits per heavy atom. The number of carbonyl (C=O) groups excluding carboxylic acids is 2. The van der Waals surface area contributed by atoms with Gasteiger partial charge in [-0.1, -0.05) is 42.5 Å². The molecule has 9 heteroatoms. The van der Waals surface area contributed by atoms with Gasteiger partial charge in [0.2, 0.25) is 21.8 Å². The average Bonchev–Trinajstić information content (AvgIpc) is 2.72. The van der Waals surface area contributed by atoms with E-state index < -0.39 is 34.3 Å². The van der Waals surface area contributed by atoms with Crippen molar-refractivity contribution in [3.05, 3.63) is 71.5 Å². The minimum absolute atomic E-state index is 0.0456. The Morgan fingerprint density at radius 3 is 2.23 bits per heavy atom. The van der Waals surface area contributed by atoms with Crippen molar-refractivity contribution < 1.29 is 22.4 Å². The van der Waals surface area contributed by atoms with E-state index in [2.05, 4.69) is 5.32 Å². The van der Waals surface area contributed by atoms with Gasteiger partial charge in [-0.15, -0.1) is 0 Å². The van der Waals surface area contributed by atoms with E-state index >= 15 is 0 Å². The van der Waals surface area contributed by atoms with Gasteiger partial charge in [0, 0.05) is 20.1 Å². The summed E-state index contributed by atoms with van der Waals surface area (Å²) < 4.78 is 37.6. The summed E-state index contributed by atoms with van der Waals surface area (Å²) in [7, 11) is -2.27. The van der Waals surface area contributed by atoms with Crippen LogP contribution in [-0.4, -0.2) is 61.9 Å². The topological polar surface area (TPSA) is 86.8 Å². The third kappa shape index (κ3) is 7.76. The summed E-state index contributed by atoms with van der Waals surface area (Å²) in [5.41, 5.74) is 1.70. The van der Waals surface area contributed by atoms with Crippen LogP contribution in [0.4, 0.5) is 4.39 Å². The normalized spacial score (nSPS) is 12.4. The Labute approximate surface area is 182 Å². The van der Waals surface area contributed by atoms with Crippen LogP contribution < -0.4 is 5.32 Å². The summed E-state index contributed by atoms with van der Waals surface area (Å²) in [6, 6.07) is 14.4. The van der Waals surface area contributed by atoms with Gasteiger partial charge < -0.3 is 10.2 Å². The van der Waals surface area contributed by atoms with Gasteiger partial charge in [-0.25, -0.2) is 12.8 Å². The summed E-state index contributed by atoms with van der Waals surface area (Å²) in [5.74, 6) is -1.29. The van der Waals surface area contributed by atoms with Crippen molar-refractivity contribution in [3.8, 4) is 0 Å². The van der Waals surface area contributed by atoms with Crippen LogP contribution in [-0.2, 0) is 32.6 Å². The van der Waals surface area contributed by atoms with Crippen molar-refractivity contribution in [3.63, 3.8) is 0 Å². The number of nitrogens with one attached hydrogen (secondary N) is 1. The van der Waals surface area contributed by atoms with Crippen molar-refractivity contribution in [2.24, 2.45) is 0 Å². The first-order valence-electron chi connectivity index (χ1n) is 9.85. The van der Waals surface area contributed by atoms with Crippen LogP contribution in [0, 0.1) is 5.82 Å². The molecule has 168 valence electrons. The maximum atomic E-state index is 13.2.